The van der Waals surface area contributed by atoms with E-state index in [4.69, 9.17) is 5.11 Å². The van der Waals surface area contributed by atoms with Crippen LogP contribution in [0.5, 0.6) is 0 Å². The summed E-state index contributed by atoms with van der Waals surface area (Å²) in [6.45, 7) is 6.38. The van der Waals surface area contributed by atoms with E-state index < -0.39 is 0 Å². The lowest BCUT2D eigenvalue weighted by Crippen LogP contribution is -2.28. The van der Waals surface area contributed by atoms with Gasteiger partial charge in [-0.3, -0.25) is 0 Å². The molecule has 1 aromatic heterocycles. The molecule has 3 heteroatoms. The summed E-state index contributed by atoms with van der Waals surface area (Å²) in [5.41, 5.74) is 0. The predicted molar refractivity (Wildman–Crippen MR) is 61.4 cm³/mol. The lowest BCUT2D eigenvalue weighted by molar-refractivity contribution is 0.186. The molecule has 0 saturated heterocycles. The first-order chi connectivity index (χ1) is 6.74. The highest BCUT2D eigenvalue weighted by Gasteiger charge is 2.10. The smallest absolute Gasteiger partial charge is 0.0473 e. The Balaban J connectivity index is 2.20. The number of rotatable bonds is 6. The molecule has 0 aromatic carbocycles. The van der Waals surface area contributed by atoms with Gasteiger partial charge in [0.15, 0.2) is 0 Å². The average molecular weight is 213 g/mol. The third-order valence-corrected chi connectivity index (χ3v) is 3.34. The average Bonchev–Trinajstić information content (AvgIpc) is 2.64. The molecule has 1 atom stereocenters. The van der Waals surface area contributed by atoms with Crippen LogP contribution in [0, 0.1) is 11.8 Å². The van der Waals surface area contributed by atoms with Crippen LogP contribution in [-0.4, -0.2) is 18.3 Å². The van der Waals surface area contributed by atoms with Crippen molar-refractivity contribution < 1.29 is 5.11 Å². The highest BCUT2D eigenvalue weighted by molar-refractivity contribution is 7.09. The Morgan fingerprint density at radius 2 is 2.29 bits per heavy atom. The Kier molecular flexibility index (Phi) is 5.15. The van der Waals surface area contributed by atoms with E-state index in [9.17, 15) is 0 Å². The maximum Gasteiger partial charge on any atom is 0.0473 e. The largest absolute Gasteiger partial charge is 0.396 e. The van der Waals surface area contributed by atoms with E-state index in [0.717, 1.165) is 13.1 Å². The van der Waals surface area contributed by atoms with Crippen molar-refractivity contribution in [3.8, 4) is 0 Å². The zero-order valence-electron chi connectivity index (χ0n) is 8.86. The van der Waals surface area contributed by atoms with E-state index in [1.165, 1.54) is 4.88 Å². The Labute approximate surface area is 90.0 Å². The maximum absolute atomic E-state index is 9.12. The van der Waals surface area contributed by atoms with Crippen LogP contribution in [0.15, 0.2) is 17.5 Å². The van der Waals surface area contributed by atoms with Crippen LogP contribution in [0.1, 0.15) is 18.7 Å². The van der Waals surface area contributed by atoms with Gasteiger partial charge in [-0.25, -0.2) is 0 Å². The monoisotopic (exact) mass is 213 g/mol. The number of thiophene rings is 1. The first-order valence-electron chi connectivity index (χ1n) is 5.08. The molecule has 0 aliphatic heterocycles. The second-order valence-corrected chi connectivity index (χ2v) is 4.93. The van der Waals surface area contributed by atoms with Gasteiger partial charge in [0.05, 0.1) is 0 Å². The van der Waals surface area contributed by atoms with Crippen LogP contribution < -0.4 is 5.32 Å². The second kappa shape index (κ2) is 6.17. The summed E-state index contributed by atoms with van der Waals surface area (Å²) in [7, 11) is 0. The number of aliphatic hydroxyl groups excluding tert-OH is 1. The quantitative estimate of drug-likeness (QED) is 0.758. The first-order valence-corrected chi connectivity index (χ1v) is 5.96. The molecule has 0 fully saturated rings. The second-order valence-electron chi connectivity index (χ2n) is 3.90. The van der Waals surface area contributed by atoms with E-state index in [0.29, 0.717) is 11.8 Å². The van der Waals surface area contributed by atoms with Crippen molar-refractivity contribution in [1.82, 2.24) is 5.32 Å². The van der Waals surface area contributed by atoms with Crippen molar-refractivity contribution in [3.63, 3.8) is 0 Å². The summed E-state index contributed by atoms with van der Waals surface area (Å²) >= 11 is 1.77. The number of hydrogen-bond donors (Lipinski definition) is 2. The van der Waals surface area contributed by atoms with Gasteiger partial charge in [0.1, 0.15) is 0 Å². The van der Waals surface area contributed by atoms with Crippen molar-refractivity contribution in [2.45, 2.75) is 20.4 Å². The topological polar surface area (TPSA) is 32.3 Å². The molecule has 80 valence electrons. The molecule has 0 bridgehead atoms. The minimum Gasteiger partial charge on any atom is -0.396 e. The fourth-order valence-corrected chi connectivity index (χ4v) is 1.98. The standard InChI is InChI=1S/C11H19NOS/c1-9(2)10(8-13)6-12-7-11-4-3-5-14-11/h3-5,9-10,12-13H,6-8H2,1-2H3. The van der Waals surface area contributed by atoms with Gasteiger partial charge in [0.25, 0.3) is 0 Å². The van der Waals surface area contributed by atoms with E-state index in [-0.39, 0.29) is 6.61 Å². The van der Waals surface area contributed by atoms with Crippen LogP contribution in [-0.2, 0) is 6.54 Å². The summed E-state index contributed by atoms with van der Waals surface area (Å²) in [6.07, 6.45) is 0. The molecule has 0 radical (unpaired) electrons. The molecule has 2 nitrogen and oxygen atoms in total. The van der Waals surface area contributed by atoms with Gasteiger partial charge in [-0.2, -0.15) is 0 Å². The molecule has 14 heavy (non-hydrogen) atoms. The Morgan fingerprint density at radius 3 is 2.79 bits per heavy atom. The fraction of sp³-hybridized carbons (Fsp3) is 0.636. The molecule has 1 aromatic rings. The highest BCUT2D eigenvalue weighted by Crippen LogP contribution is 2.10. The summed E-state index contributed by atoms with van der Waals surface area (Å²) in [6, 6.07) is 4.19. The molecule has 0 spiro atoms. The van der Waals surface area contributed by atoms with Gasteiger partial charge in [0, 0.05) is 24.6 Å². The van der Waals surface area contributed by atoms with E-state index in [2.05, 4.69) is 36.7 Å². The SMILES string of the molecule is CC(C)C(CO)CNCc1cccs1. The molecule has 0 amide bonds. The third-order valence-electron chi connectivity index (χ3n) is 2.46. The minimum absolute atomic E-state index is 0.273. The molecule has 1 heterocycles. The maximum atomic E-state index is 9.12. The first kappa shape index (κ1) is 11.7. The molecule has 1 rings (SSSR count). The van der Waals surface area contributed by atoms with Gasteiger partial charge in [-0.1, -0.05) is 19.9 Å². The van der Waals surface area contributed by atoms with Gasteiger partial charge in [0.2, 0.25) is 0 Å². The zero-order chi connectivity index (χ0) is 10.4. The van der Waals surface area contributed by atoms with Gasteiger partial charge < -0.3 is 10.4 Å². The van der Waals surface area contributed by atoms with E-state index >= 15 is 0 Å². The van der Waals surface area contributed by atoms with Crippen molar-refractivity contribution in [3.05, 3.63) is 22.4 Å². The van der Waals surface area contributed by atoms with Crippen LogP contribution in [0.25, 0.3) is 0 Å². The Bertz CT molecular complexity index is 233. The summed E-state index contributed by atoms with van der Waals surface area (Å²) in [5.74, 6) is 0.908. The number of nitrogens with one attached hydrogen (secondary N) is 1. The number of aliphatic hydroxyl groups is 1. The van der Waals surface area contributed by atoms with Crippen LogP contribution in [0.3, 0.4) is 0 Å². The van der Waals surface area contributed by atoms with E-state index in [1.54, 1.807) is 11.3 Å². The molecule has 0 aliphatic rings. The van der Waals surface area contributed by atoms with Gasteiger partial charge in [-0.15, -0.1) is 11.3 Å². The zero-order valence-corrected chi connectivity index (χ0v) is 9.68. The Hall–Kier alpha value is -0.380. The van der Waals surface area contributed by atoms with Crippen molar-refractivity contribution in [2.24, 2.45) is 11.8 Å². The van der Waals surface area contributed by atoms with Crippen molar-refractivity contribution in [1.29, 1.82) is 0 Å². The summed E-state index contributed by atoms with van der Waals surface area (Å²) in [5, 5.41) is 14.6. The molecule has 2 N–H and O–H groups in total. The fourth-order valence-electron chi connectivity index (χ4n) is 1.30. The van der Waals surface area contributed by atoms with Crippen molar-refractivity contribution >= 4 is 11.3 Å². The molecular formula is C11H19NOS. The summed E-state index contributed by atoms with van der Waals surface area (Å²) in [4.78, 5) is 1.35. The predicted octanol–water partition coefficient (Wildman–Crippen LogP) is 2.10. The van der Waals surface area contributed by atoms with Crippen molar-refractivity contribution in [2.75, 3.05) is 13.2 Å². The third kappa shape index (κ3) is 3.78. The number of hydrogen-bond acceptors (Lipinski definition) is 3. The minimum atomic E-state index is 0.273. The van der Waals surface area contributed by atoms with Crippen LogP contribution >= 0.6 is 11.3 Å². The summed E-state index contributed by atoms with van der Waals surface area (Å²) < 4.78 is 0. The molecule has 0 aliphatic carbocycles. The van der Waals surface area contributed by atoms with Gasteiger partial charge in [-0.05, 0) is 23.3 Å². The Morgan fingerprint density at radius 1 is 1.50 bits per heavy atom. The molecular weight excluding hydrogens is 194 g/mol. The lowest BCUT2D eigenvalue weighted by Gasteiger charge is -2.18. The normalized spacial score (nSPS) is 13.4. The van der Waals surface area contributed by atoms with Crippen LogP contribution in [0.2, 0.25) is 0 Å². The van der Waals surface area contributed by atoms with Crippen LogP contribution in [0.4, 0.5) is 0 Å². The lowest BCUT2D eigenvalue weighted by atomic mass is 9.97. The molecule has 0 saturated carbocycles. The molecule has 1 unspecified atom stereocenters. The highest BCUT2D eigenvalue weighted by atomic mass is 32.1. The van der Waals surface area contributed by atoms with E-state index in [1.807, 2.05) is 0 Å². The van der Waals surface area contributed by atoms with Gasteiger partial charge >= 0.3 is 0 Å².